The van der Waals surface area contributed by atoms with Crippen LogP contribution in [0.3, 0.4) is 0 Å². The first-order valence-corrected chi connectivity index (χ1v) is 23.0. The average molecular weight is 925 g/mol. The molecule has 1 heterocycles. The predicted octanol–water partition coefficient (Wildman–Crippen LogP) is 5.69. The third-order valence-electron chi connectivity index (χ3n) is 13.1. The van der Waals surface area contributed by atoms with Crippen molar-refractivity contribution >= 4 is 41.5 Å². The van der Waals surface area contributed by atoms with Crippen LogP contribution in [-0.2, 0) is 40.0 Å². The van der Waals surface area contributed by atoms with Crippen molar-refractivity contribution in [1.29, 1.82) is 0 Å². The third-order valence-corrected chi connectivity index (χ3v) is 13.1. The monoisotopic (exact) mass is 925 g/mol. The number of amides is 6. The van der Waals surface area contributed by atoms with E-state index in [1.54, 1.807) is 80.9 Å². The van der Waals surface area contributed by atoms with E-state index >= 15 is 0 Å². The van der Waals surface area contributed by atoms with Gasteiger partial charge in [-0.25, -0.2) is 9.59 Å². The number of rotatable bonds is 23. The van der Waals surface area contributed by atoms with Gasteiger partial charge in [0.05, 0.1) is 48.8 Å². The van der Waals surface area contributed by atoms with Crippen LogP contribution >= 0.6 is 0 Å². The van der Waals surface area contributed by atoms with Crippen molar-refractivity contribution in [3.63, 3.8) is 0 Å². The van der Waals surface area contributed by atoms with Crippen LogP contribution in [0, 0.1) is 23.7 Å². The second-order valence-corrected chi connectivity index (χ2v) is 18.3. The maximum absolute atomic E-state index is 14.6. The summed E-state index contributed by atoms with van der Waals surface area (Å²) in [4.78, 5) is 86.7. The van der Waals surface area contributed by atoms with E-state index in [1.807, 2.05) is 45.9 Å². The molecule has 1 fully saturated rings. The fourth-order valence-electron chi connectivity index (χ4n) is 8.86. The molecule has 4 N–H and O–H groups in total. The molecule has 17 nitrogen and oxygen atoms in total. The van der Waals surface area contributed by atoms with Crippen LogP contribution in [0.25, 0.3) is 0 Å². The molecule has 2 aromatic carbocycles. The van der Waals surface area contributed by atoms with E-state index in [0.717, 1.165) is 4.90 Å². The Morgan fingerprint density at radius 2 is 1.44 bits per heavy atom. The number of ether oxygens (including phenoxy) is 3. The molecule has 3 rings (SSSR count). The number of carbonyl (C=O) groups excluding carboxylic acids is 5. The topological polar surface area (TPSA) is 208 Å². The Bertz CT molecular complexity index is 1900. The third kappa shape index (κ3) is 14.1. The van der Waals surface area contributed by atoms with Crippen LogP contribution in [0.4, 0.5) is 15.3 Å². The highest BCUT2D eigenvalue weighted by Gasteiger charge is 2.43. The summed E-state index contributed by atoms with van der Waals surface area (Å²) in [5.74, 6) is -2.94. The van der Waals surface area contributed by atoms with Gasteiger partial charge >= 0.3 is 12.2 Å². The van der Waals surface area contributed by atoms with E-state index < -0.39 is 72.5 Å². The molecule has 10 atom stereocenters. The maximum Gasteiger partial charge on any atom is 0.411 e. The van der Waals surface area contributed by atoms with Crippen molar-refractivity contribution in [3.8, 4) is 0 Å². The maximum atomic E-state index is 14.6. The smallest absolute Gasteiger partial charge is 0.411 e. The van der Waals surface area contributed by atoms with Gasteiger partial charge in [0.25, 0.3) is 0 Å². The molecule has 2 aromatic rings. The highest BCUT2D eigenvalue weighted by molar-refractivity contribution is 5.92. The average Bonchev–Trinajstić information content (AvgIpc) is 3.78. The van der Waals surface area contributed by atoms with Crippen LogP contribution < -0.4 is 15.5 Å². The molecule has 1 saturated heterocycles. The van der Waals surface area contributed by atoms with Crippen molar-refractivity contribution < 1.29 is 53.2 Å². The second-order valence-electron chi connectivity index (χ2n) is 18.3. The largest absolute Gasteiger partial charge is 0.465 e. The lowest BCUT2D eigenvalue weighted by Gasteiger charge is -2.41. The molecular weight excluding hydrogens is 849 g/mol. The number of methoxy groups -OCH3 is 2. The molecule has 1 aliphatic rings. The molecule has 6 amide bonds. The summed E-state index contributed by atoms with van der Waals surface area (Å²) in [6.07, 6.45) is -2.22. The lowest BCUT2D eigenvalue weighted by Crippen LogP contribution is -2.60. The lowest BCUT2D eigenvalue weighted by atomic mass is 9.89. The number of hydrogen-bond donors (Lipinski definition) is 4. The normalized spacial score (nSPS) is 17.9. The van der Waals surface area contributed by atoms with Gasteiger partial charge in [-0.15, -0.1) is 0 Å². The Balaban J connectivity index is 1.74. The van der Waals surface area contributed by atoms with Gasteiger partial charge in [0.2, 0.25) is 23.6 Å². The van der Waals surface area contributed by atoms with Gasteiger partial charge in [-0.3, -0.25) is 29.0 Å². The van der Waals surface area contributed by atoms with Gasteiger partial charge in [-0.2, -0.15) is 0 Å². The summed E-state index contributed by atoms with van der Waals surface area (Å²) in [5.41, 5.74) is 1.75. The Kier molecular flexibility index (Phi) is 21.4. The number of likely N-dealkylation sites (N-methyl/N-ethyl adjacent to an activating group) is 2. The first kappa shape index (κ1) is 55.1. The van der Waals surface area contributed by atoms with Crippen molar-refractivity contribution in [2.24, 2.45) is 23.7 Å². The number of likely N-dealkylation sites (tertiary alicyclic amines) is 1. The zero-order valence-corrected chi connectivity index (χ0v) is 41.2. The summed E-state index contributed by atoms with van der Waals surface area (Å²) < 4.78 is 17.5. The molecule has 0 bridgehead atoms. The molecule has 1 aliphatic heterocycles. The van der Waals surface area contributed by atoms with E-state index in [9.17, 15) is 39.0 Å². The van der Waals surface area contributed by atoms with Crippen molar-refractivity contribution in [2.75, 3.05) is 46.8 Å². The highest BCUT2D eigenvalue weighted by atomic mass is 16.6. The van der Waals surface area contributed by atoms with E-state index in [4.69, 9.17) is 14.2 Å². The number of nitrogens with zero attached hydrogens (tertiary/aromatic N) is 4. The molecule has 0 saturated carbocycles. The molecule has 0 aliphatic carbocycles. The number of benzene rings is 2. The minimum atomic E-state index is -1.11. The Hall–Kier alpha value is -5.26. The number of hydrogen-bond acceptors (Lipinski definition) is 10. The molecule has 0 unspecified atom stereocenters. The number of aliphatic hydroxyl groups excluding tert-OH is 1. The summed E-state index contributed by atoms with van der Waals surface area (Å²) in [5, 5.41) is 26.0. The van der Waals surface area contributed by atoms with Gasteiger partial charge in [-0.05, 0) is 60.8 Å². The van der Waals surface area contributed by atoms with Crippen LogP contribution in [0.1, 0.15) is 98.3 Å². The number of nitrogens with one attached hydrogen (secondary N) is 2. The number of aliphatic hydroxyl groups is 1. The van der Waals surface area contributed by atoms with Gasteiger partial charge in [0, 0.05) is 47.6 Å². The summed E-state index contributed by atoms with van der Waals surface area (Å²) in [7, 11) is 7.58. The van der Waals surface area contributed by atoms with Crippen molar-refractivity contribution in [1.82, 2.24) is 25.3 Å². The molecule has 0 aromatic heterocycles. The van der Waals surface area contributed by atoms with Crippen LogP contribution in [0.2, 0.25) is 0 Å². The van der Waals surface area contributed by atoms with Crippen molar-refractivity contribution in [2.45, 2.75) is 136 Å². The fourth-order valence-corrected chi connectivity index (χ4v) is 8.86. The SMILES string of the molecule is CC[C@H](C)[C@@H]([C@@H](CC(=O)N1CCC[C@@H]1[C@H](OC)[C@@H](C)C(=O)N[C@H](C)[C@@H](O)c1ccccc1)OC)N(C)C(=O)[C@@H](NC(=O)[C@H](C(C)C)N(C)C(=O)OCc1ccc(N(C)C(=O)O)cc1)C(C)C. The summed E-state index contributed by atoms with van der Waals surface area (Å²) in [6, 6.07) is 12.0. The van der Waals surface area contributed by atoms with Crippen LogP contribution in [0.5, 0.6) is 0 Å². The molecule has 0 radical (unpaired) electrons. The van der Waals surface area contributed by atoms with Gasteiger partial charge in [-0.1, -0.05) is 97.4 Å². The van der Waals surface area contributed by atoms with E-state index in [0.29, 0.717) is 42.6 Å². The summed E-state index contributed by atoms with van der Waals surface area (Å²) in [6.45, 7) is 15.0. The number of carbonyl (C=O) groups is 6. The molecule has 66 heavy (non-hydrogen) atoms. The molecular formula is C49H76N6O11. The molecule has 0 spiro atoms. The summed E-state index contributed by atoms with van der Waals surface area (Å²) >= 11 is 0. The minimum absolute atomic E-state index is 0.0541. The minimum Gasteiger partial charge on any atom is -0.465 e. The van der Waals surface area contributed by atoms with Gasteiger partial charge < -0.3 is 44.9 Å². The standard InChI is InChI=1S/C49H76N6O11/c1-14-31(6)42(38(64-12)27-39(56)55-26-18-21-37(55)44(65-13)32(7)45(58)50-33(8)43(57)35-19-16-15-17-20-35)53(10)47(60)40(29(2)3)51-46(59)41(30(4)5)54(11)49(63)66-28-34-22-24-36(25-23-34)52(9)48(61)62/h15-17,19-20,22-25,29-33,37-38,40-44,57H,14,18,21,26-28H2,1-13H3,(H,50,58)(H,51,59)(H,61,62)/t31-,32+,33+,37+,38+,40-,41-,42-,43+,44+/m0/s1. The van der Waals surface area contributed by atoms with Gasteiger partial charge in [0.15, 0.2) is 0 Å². The lowest BCUT2D eigenvalue weighted by molar-refractivity contribution is -0.148. The van der Waals surface area contributed by atoms with Gasteiger partial charge in [0.1, 0.15) is 18.7 Å². The zero-order chi connectivity index (χ0) is 49.6. The quantitative estimate of drug-likeness (QED) is 0.106. The first-order valence-electron chi connectivity index (χ1n) is 23.0. The molecule has 368 valence electrons. The van der Waals surface area contributed by atoms with Crippen LogP contribution in [-0.4, -0.2) is 145 Å². The zero-order valence-electron chi connectivity index (χ0n) is 41.2. The number of carboxylic acid groups (broad SMARTS) is 1. The van der Waals surface area contributed by atoms with E-state index in [1.165, 1.54) is 33.2 Å². The van der Waals surface area contributed by atoms with Crippen LogP contribution in [0.15, 0.2) is 54.6 Å². The Morgan fingerprint density at radius 3 is 1.97 bits per heavy atom. The van der Waals surface area contributed by atoms with E-state index in [2.05, 4.69) is 10.6 Å². The fraction of sp³-hybridized carbons (Fsp3) is 0.633. The highest BCUT2D eigenvalue weighted by Crippen LogP contribution is 2.30. The number of anilines is 1. The van der Waals surface area contributed by atoms with E-state index in [-0.39, 0.29) is 48.5 Å². The predicted molar refractivity (Wildman–Crippen MR) is 251 cm³/mol. The first-order chi connectivity index (χ1) is 31.1. The second kappa shape index (κ2) is 25.6. The Morgan fingerprint density at radius 1 is 0.818 bits per heavy atom. The van der Waals surface area contributed by atoms with Crippen molar-refractivity contribution in [3.05, 3.63) is 65.7 Å². The Labute approximate surface area is 391 Å². The molecule has 17 heteroatoms.